The van der Waals surface area contributed by atoms with Gasteiger partial charge in [0, 0.05) is 32.4 Å². The van der Waals surface area contributed by atoms with Crippen molar-refractivity contribution in [2.45, 2.75) is 39.5 Å². The predicted molar refractivity (Wildman–Crippen MR) is 94.8 cm³/mol. The second kappa shape index (κ2) is 6.61. The van der Waals surface area contributed by atoms with Crippen molar-refractivity contribution in [3.05, 3.63) is 17.5 Å². The number of amides is 2. The van der Waals surface area contributed by atoms with Crippen LogP contribution >= 0.6 is 0 Å². The fourth-order valence-corrected chi connectivity index (χ4v) is 4.00. The molecule has 2 N–H and O–H groups in total. The average molecular weight is 345 g/mol. The third kappa shape index (κ3) is 3.45. The number of nitrogen functional groups attached to an aromatic ring is 1. The third-order valence-corrected chi connectivity index (χ3v) is 5.22. The molecule has 2 saturated heterocycles. The van der Waals surface area contributed by atoms with Crippen LogP contribution in [0.2, 0.25) is 0 Å². The van der Waals surface area contributed by atoms with Crippen LogP contribution in [0.25, 0.3) is 0 Å². The molecule has 2 aliphatic rings. The lowest BCUT2D eigenvalue weighted by Gasteiger charge is -2.37. The maximum absolute atomic E-state index is 12.9. The number of carbonyl (C=O) groups is 2. The molecule has 136 valence electrons. The Morgan fingerprint density at radius 1 is 1.32 bits per heavy atom. The van der Waals surface area contributed by atoms with E-state index in [-0.39, 0.29) is 17.8 Å². The molecule has 1 spiro atoms. The molecular formula is C18H27N5O2. The Bertz CT molecular complexity index is 690. The van der Waals surface area contributed by atoms with Gasteiger partial charge in [-0.15, -0.1) is 0 Å². The highest BCUT2D eigenvalue weighted by Crippen LogP contribution is 2.40. The van der Waals surface area contributed by atoms with Crippen molar-refractivity contribution in [1.82, 2.24) is 19.8 Å². The summed E-state index contributed by atoms with van der Waals surface area (Å²) in [5.41, 5.74) is 6.50. The molecule has 25 heavy (non-hydrogen) atoms. The van der Waals surface area contributed by atoms with E-state index in [4.69, 9.17) is 5.73 Å². The van der Waals surface area contributed by atoms with Gasteiger partial charge in [-0.05, 0) is 37.7 Å². The zero-order chi connectivity index (χ0) is 18.2. The second-order valence-electron chi connectivity index (χ2n) is 7.79. The number of hydrogen-bond donors (Lipinski definition) is 1. The predicted octanol–water partition coefficient (Wildman–Crippen LogP) is 1.34. The molecule has 7 heteroatoms. The Morgan fingerprint density at radius 2 is 2.08 bits per heavy atom. The quantitative estimate of drug-likeness (QED) is 0.892. The summed E-state index contributed by atoms with van der Waals surface area (Å²) < 4.78 is 0. The van der Waals surface area contributed by atoms with Crippen LogP contribution in [0.15, 0.2) is 6.07 Å². The minimum atomic E-state index is -0.415. The van der Waals surface area contributed by atoms with Crippen LogP contribution in [0, 0.1) is 11.3 Å². The van der Waals surface area contributed by atoms with Gasteiger partial charge in [-0.1, -0.05) is 13.8 Å². The van der Waals surface area contributed by atoms with Gasteiger partial charge in [0.25, 0.3) is 5.91 Å². The summed E-state index contributed by atoms with van der Waals surface area (Å²) in [6.45, 7) is 6.04. The van der Waals surface area contributed by atoms with E-state index >= 15 is 0 Å². The topological polar surface area (TPSA) is 92.4 Å². The summed E-state index contributed by atoms with van der Waals surface area (Å²) in [7, 11) is 1.84. The smallest absolute Gasteiger partial charge is 0.272 e. The molecule has 1 unspecified atom stereocenters. The maximum Gasteiger partial charge on any atom is 0.272 e. The van der Waals surface area contributed by atoms with Gasteiger partial charge in [0.2, 0.25) is 11.9 Å². The minimum Gasteiger partial charge on any atom is -0.368 e. The van der Waals surface area contributed by atoms with Crippen molar-refractivity contribution in [2.24, 2.45) is 11.3 Å². The molecule has 2 aliphatic heterocycles. The third-order valence-electron chi connectivity index (χ3n) is 5.22. The van der Waals surface area contributed by atoms with Gasteiger partial charge in [0.15, 0.2) is 0 Å². The Morgan fingerprint density at radius 3 is 2.80 bits per heavy atom. The van der Waals surface area contributed by atoms with Gasteiger partial charge in [-0.25, -0.2) is 9.97 Å². The SMILES string of the molecule is CC(C)Cc1cc(C(=O)N2CCC3(CCCN(C)C3=O)C2)nc(N)n1. The largest absolute Gasteiger partial charge is 0.368 e. The molecule has 2 fully saturated rings. The summed E-state index contributed by atoms with van der Waals surface area (Å²) in [4.78, 5) is 37.4. The highest BCUT2D eigenvalue weighted by Gasteiger charge is 2.48. The van der Waals surface area contributed by atoms with E-state index in [0.717, 1.165) is 37.9 Å². The number of rotatable bonds is 3. The molecule has 0 radical (unpaired) electrons. The van der Waals surface area contributed by atoms with Gasteiger partial charge < -0.3 is 15.5 Å². The summed E-state index contributed by atoms with van der Waals surface area (Å²) >= 11 is 0. The standard InChI is InChI=1S/C18H27N5O2/c1-12(2)9-13-10-14(21-17(19)20-13)15(24)23-8-6-18(11-23)5-4-7-22(3)16(18)25/h10,12H,4-9,11H2,1-3H3,(H2,19,20,21). The molecule has 0 aromatic carbocycles. The van der Waals surface area contributed by atoms with Crippen molar-refractivity contribution in [3.8, 4) is 0 Å². The van der Waals surface area contributed by atoms with E-state index < -0.39 is 5.41 Å². The van der Waals surface area contributed by atoms with Gasteiger partial charge in [0.1, 0.15) is 5.69 Å². The normalized spacial score (nSPS) is 23.8. The zero-order valence-electron chi connectivity index (χ0n) is 15.3. The molecule has 0 aliphatic carbocycles. The number of likely N-dealkylation sites (tertiary alicyclic amines) is 2. The van der Waals surface area contributed by atoms with Crippen LogP contribution in [-0.2, 0) is 11.2 Å². The summed E-state index contributed by atoms with van der Waals surface area (Å²) in [5.74, 6) is 0.556. The number of nitrogens with two attached hydrogens (primary N) is 1. The first-order chi connectivity index (χ1) is 11.8. The molecule has 1 atom stereocenters. The van der Waals surface area contributed by atoms with Crippen LogP contribution in [0.3, 0.4) is 0 Å². The highest BCUT2D eigenvalue weighted by molar-refractivity contribution is 5.94. The molecule has 0 saturated carbocycles. The average Bonchev–Trinajstić information content (AvgIpc) is 2.96. The lowest BCUT2D eigenvalue weighted by Crippen LogP contribution is -2.48. The first-order valence-electron chi connectivity index (χ1n) is 8.99. The molecule has 2 amide bonds. The minimum absolute atomic E-state index is 0.129. The monoisotopic (exact) mass is 345 g/mol. The van der Waals surface area contributed by atoms with E-state index in [1.54, 1.807) is 15.9 Å². The first-order valence-corrected chi connectivity index (χ1v) is 8.99. The Hall–Kier alpha value is -2.18. The molecule has 1 aromatic rings. The van der Waals surface area contributed by atoms with Crippen LogP contribution in [0.5, 0.6) is 0 Å². The number of aromatic nitrogens is 2. The van der Waals surface area contributed by atoms with E-state index in [2.05, 4.69) is 23.8 Å². The maximum atomic E-state index is 12.9. The molecule has 1 aromatic heterocycles. The summed E-state index contributed by atoms with van der Waals surface area (Å²) in [6.07, 6.45) is 3.31. The fourth-order valence-electron chi connectivity index (χ4n) is 4.00. The van der Waals surface area contributed by atoms with E-state index in [9.17, 15) is 9.59 Å². The van der Waals surface area contributed by atoms with Crippen LogP contribution in [-0.4, -0.2) is 58.3 Å². The van der Waals surface area contributed by atoms with Crippen molar-refractivity contribution in [3.63, 3.8) is 0 Å². The van der Waals surface area contributed by atoms with Gasteiger partial charge in [-0.3, -0.25) is 9.59 Å². The second-order valence-corrected chi connectivity index (χ2v) is 7.79. The van der Waals surface area contributed by atoms with Crippen molar-refractivity contribution < 1.29 is 9.59 Å². The van der Waals surface area contributed by atoms with E-state index in [1.165, 1.54) is 0 Å². The summed E-state index contributed by atoms with van der Waals surface area (Å²) in [6, 6.07) is 1.73. The molecule has 3 rings (SSSR count). The molecule has 7 nitrogen and oxygen atoms in total. The van der Waals surface area contributed by atoms with Crippen LogP contribution in [0.4, 0.5) is 5.95 Å². The van der Waals surface area contributed by atoms with Gasteiger partial charge >= 0.3 is 0 Å². The van der Waals surface area contributed by atoms with Crippen LogP contribution in [0.1, 0.15) is 49.3 Å². The first kappa shape index (κ1) is 17.6. The highest BCUT2D eigenvalue weighted by atomic mass is 16.2. The van der Waals surface area contributed by atoms with E-state index in [1.807, 2.05) is 7.05 Å². The lowest BCUT2D eigenvalue weighted by atomic mass is 9.78. The van der Waals surface area contributed by atoms with Crippen molar-refractivity contribution in [1.29, 1.82) is 0 Å². The summed E-state index contributed by atoms with van der Waals surface area (Å²) in [5, 5.41) is 0. The Labute approximate surface area is 148 Å². The lowest BCUT2D eigenvalue weighted by molar-refractivity contribution is -0.143. The zero-order valence-corrected chi connectivity index (χ0v) is 15.3. The molecule has 3 heterocycles. The number of carbonyl (C=O) groups excluding carboxylic acids is 2. The molecule has 0 bridgehead atoms. The van der Waals surface area contributed by atoms with Gasteiger partial charge in [-0.2, -0.15) is 0 Å². The number of hydrogen-bond acceptors (Lipinski definition) is 5. The number of piperidine rings is 1. The molecular weight excluding hydrogens is 318 g/mol. The van der Waals surface area contributed by atoms with Crippen molar-refractivity contribution in [2.75, 3.05) is 32.4 Å². The Balaban J connectivity index is 1.78. The van der Waals surface area contributed by atoms with E-state index in [0.29, 0.717) is 24.7 Å². The number of anilines is 1. The van der Waals surface area contributed by atoms with Crippen LogP contribution < -0.4 is 5.73 Å². The number of nitrogens with zero attached hydrogens (tertiary/aromatic N) is 4. The Kier molecular flexibility index (Phi) is 4.67. The van der Waals surface area contributed by atoms with Gasteiger partial charge in [0.05, 0.1) is 5.41 Å². The fraction of sp³-hybridized carbons (Fsp3) is 0.667. The van der Waals surface area contributed by atoms with Crippen molar-refractivity contribution >= 4 is 17.8 Å².